The Morgan fingerprint density at radius 1 is 1.50 bits per heavy atom. The van der Waals surface area contributed by atoms with Crippen molar-refractivity contribution >= 4 is 11.6 Å². The van der Waals surface area contributed by atoms with Crippen LogP contribution in [-0.4, -0.2) is 40.1 Å². The Balaban J connectivity index is 2.14. The third-order valence-corrected chi connectivity index (χ3v) is 2.85. The fraction of sp³-hybridized carbons (Fsp3) is 0.308. The van der Waals surface area contributed by atoms with E-state index in [9.17, 15) is 4.79 Å². The summed E-state index contributed by atoms with van der Waals surface area (Å²) in [6.45, 7) is 2.14. The van der Waals surface area contributed by atoms with Crippen molar-refractivity contribution in [3.05, 3.63) is 35.4 Å². The molecule has 1 heterocycles. The predicted molar refractivity (Wildman–Crippen MR) is 74.3 cm³/mol. The molecule has 0 spiro atoms. The normalized spacial score (nSPS) is 10.3. The largest absolute Gasteiger partial charge is 0.495 e. The van der Waals surface area contributed by atoms with Gasteiger partial charge in [-0.3, -0.25) is 9.89 Å². The Morgan fingerprint density at radius 2 is 2.25 bits per heavy atom. The van der Waals surface area contributed by atoms with Crippen LogP contribution in [0.5, 0.6) is 5.75 Å². The minimum Gasteiger partial charge on any atom is -0.495 e. The van der Waals surface area contributed by atoms with E-state index >= 15 is 0 Å². The molecular formula is C13H17N5O2. The molecule has 0 unspecified atom stereocenters. The molecule has 1 aromatic carbocycles. The van der Waals surface area contributed by atoms with Crippen molar-refractivity contribution in [3.63, 3.8) is 0 Å². The molecule has 3 N–H and O–H groups in total. The number of benzene rings is 1. The van der Waals surface area contributed by atoms with Gasteiger partial charge >= 0.3 is 0 Å². The number of aromatic amines is 1. The average Bonchev–Trinajstić information content (AvgIpc) is 2.83. The van der Waals surface area contributed by atoms with Gasteiger partial charge in [0, 0.05) is 12.6 Å². The molecule has 2 aromatic rings. The Labute approximate surface area is 116 Å². The van der Waals surface area contributed by atoms with Crippen LogP contribution in [0, 0.1) is 6.92 Å². The van der Waals surface area contributed by atoms with Gasteiger partial charge in [-0.1, -0.05) is 0 Å². The van der Waals surface area contributed by atoms with Crippen LogP contribution in [0.2, 0.25) is 0 Å². The van der Waals surface area contributed by atoms with E-state index in [2.05, 4.69) is 15.2 Å². The minimum atomic E-state index is -0.147. The van der Waals surface area contributed by atoms with Crippen LogP contribution >= 0.6 is 0 Å². The van der Waals surface area contributed by atoms with Crippen molar-refractivity contribution in [2.75, 3.05) is 19.9 Å². The molecule has 0 bridgehead atoms. The van der Waals surface area contributed by atoms with Crippen LogP contribution in [0.15, 0.2) is 18.2 Å². The highest BCUT2D eigenvalue weighted by Crippen LogP contribution is 2.22. The lowest BCUT2D eigenvalue weighted by molar-refractivity contribution is 0.0781. The number of nitrogens with zero attached hydrogens (tertiary/aromatic N) is 3. The number of carbonyl (C=O) groups excluding carboxylic acids is 1. The van der Waals surface area contributed by atoms with Crippen molar-refractivity contribution in [1.29, 1.82) is 0 Å². The van der Waals surface area contributed by atoms with Crippen LogP contribution in [-0.2, 0) is 6.54 Å². The summed E-state index contributed by atoms with van der Waals surface area (Å²) in [7, 11) is 3.21. The number of aromatic nitrogens is 3. The maximum Gasteiger partial charge on any atom is 0.254 e. The SMILES string of the molecule is COc1cc(C(=O)N(C)Cc2n[nH]c(C)n2)ccc1N. The van der Waals surface area contributed by atoms with Crippen LogP contribution in [0.25, 0.3) is 0 Å². The predicted octanol–water partition coefficient (Wildman–Crippen LogP) is 0.976. The lowest BCUT2D eigenvalue weighted by Gasteiger charge is -2.16. The van der Waals surface area contributed by atoms with E-state index in [4.69, 9.17) is 10.5 Å². The smallest absolute Gasteiger partial charge is 0.254 e. The average molecular weight is 275 g/mol. The first-order valence-electron chi connectivity index (χ1n) is 6.08. The molecule has 7 heteroatoms. The molecule has 1 aromatic heterocycles. The van der Waals surface area contributed by atoms with Crippen molar-refractivity contribution in [1.82, 2.24) is 20.1 Å². The van der Waals surface area contributed by atoms with Crippen molar-refractivity contribution in [3.8, 4) is 5.75 Å². The zero-order valence-corrected chi connectivity index (χ0v) is 11.7. The fourth-order valence-corrected chi connectivity index (χ4v) is 1.81. The van der Waals surface area contributed by atoms with Crippen molar-refractivity contribution in [2.45, 2.75) is 13.5 Å². The Bertz CT molecular complexity index is 623. The number of carbonyl (C=O) groups is 1. The second-order valence-electron chi connectivity index (χ2n) is 4.45. The van der Waals surface area contributed by atoms with Gasteiger partial charge in [-0.15, -0.1) is 0 Å². The van der Waals surface area contributed by atoms with E-state index in [0.29, 0.717) is 29.4 Å². The van der Waals surface area contributed by atoms with Crippen molar-refractivity contribution in [2.24, 2.45) is 0 Å². The van der Waals surface area contributed by atoms with E-state index in [1.807, 2.05) is 6.92 Å². The third kappa shape index (κ3) is 2.87. The fourth-order valence-electron chi connectivity index (χ4n) is 1.81. The van der Waals surface area contributed by atoms with Gasteiger partial charge in [-0.25, -0.2) is 4.98 Å². The summed E-state index contributed by atoms with van der Waals surface area (Å²) in [6.07, 6.45) is 0. The van der Waals surface area contributed by atoms with E-state index in [0.717, 1.165) is 5.82 Å². The van der Waals surface area contributed by atoms with Gasteiger partial charge in [0.25, 0.3) is 5.91 Å². The summed E-state index contributed by atoms with van der Waals surface area (Å²) >= 11 is 0. The zero-order valence-electron chi connectivity index (χ0n) is 11.7. The van der Waals surface area contributed by atoms with E-state index in [-0.39, 0.29) is 5.91 Å². The molecule has 0 saturated heterocycles. The number of anilines is 1. The van der Waals surface area contributed by atoms with Gasteiger partial charge in [0.1, 0.15) is 11.6 Å². The minimum absolute atomic E-state index is 0.147. The zero-order chi connectivity index (χ0) is 14.7. The summed E-state index contributed by atoms with van der Waals surface area (Å²) in [5.74, 6) is 1.62. The molecule has 0 aliphatic heterocycles. The van der Waals surface area contributed by atoms with E-state index in [1.165, 1.54) is 12.0 Å². The highest BCUT2D eigenvalue weighted by atomic mass is 16.5. The summed E-state index contributed by atoms with van der Waals surface area (Å²) < 4.78 is 5.11. The molecule has 1 amide bonds. The van der Waals surface area contributed by atoms with Crippen LogP contribution in [0.4, 0.5) is 5.69 Å². The van der Waals surface area contributed by atoms with Gasteiger partial charge in [0.2, 0.25) is 0 Å². The summed E-state index contributed by atoms with van der Waals surface area (Å²) in [6, 6.07) is 4.94. The molecule has 0 fully saturated rings. The number of methoxy groups -OCH3 is 1. The van der Waals surface area contributed by atoms with Gasteiger partial charge < -0.3 is 15.4 Å². The summed E-state index contributed by atoms with van der Waals surface area (Å²) in [5, 5.41) is 6.75. The van der Waals surface area contributed by atoms with Crippen LogP contribution in [0.3, 0.4) is 0 Å². The highest BCUT2D eigenvalue weighted by Gasteiger charge is 2.15. The molecular weight excluding hydrogens is 258 g/mol. The van der Waals surface area contributed by atoms with Crippen molar-refractivity contribution < 1.29 is 9.53 Å². The first-order valence-corrected chi connectivity index (χ1v) is 6.08. The monoisotopic (exact) mass is 275 g/mol. The maximum absolute atomic E-state index is 12.3. The van der Waals surface area contributed by atoms with Crippen LogP contribution in [0.1, 0.15) is 22.0 Å². The number of nitrogens with two attached hydrogens (primary N) is 1. The van der Waals surface area contributed by atoms with Gasteiger partial charge in [-0.05, 0) is 25.1 Å². The van der Waals surface area contributed by atoms with E-state index < -0.39 is 0 Å². The quantitative estimate of drug-likeness (QED) is 0.810. The number of hydrogen-bond acceptors (Lipinski definition) is 5. The Morgan fingerprint density at radius 3 is 2.85 bits per heavy atom. The number of nitrogens with one attached hydrogen (secondary N) is 1. The lowest BCUT2D eigenvalue weighted by Crippen LogP contribution is -2.26. The summed E-state index contributed by atoms with van der Waals surface area (Å²) in [4.78, 5) is 18.0. The number of rotatable bonds is 4. The molecule has 2 rings (SSSR count). The Kier molecular flexibility index (Phi) is 3.88. The molecule has 0 aliphatic rings. The maximum atomic E-state index is 12.3. The Hall–Kier alpha value is -2.57. The molecule has 106 valence electrons. The molecule has 0 saturated carbocycles. The van der Waals surface area contributed by atoms with Gasteiger partial charge in [0.05, 0.1) is 19.3 Å². The van der Waals surface area contributed by atoms with Gasteiger partial charge in [-0.2, -0.15) is 5.10 Å². The number of ether oxygens (including phenoxy) is 1. The standard InChI is InChI=1S/C13H17N5O2/c1-8-15-12(17-16-8)7-18(2)13(19)9-4-5-10(14)11(6-9)20-3/h4-6H,7,14H2,1-3H3,(H,15,16,17). The molecule has 0 atom stereocenters. The number of hydrogen-bond donors (Lipinski definition) is 2. The number of aryl methyl sites for hydroxylation is 1. The molecule has 0 aliphatic carbocycles. The summed E-state index contributed by atoms with van der Waals surface area (Å²) in [5.41, 5.74) is 6.73. The second-order valence-corrected chi connectivity index (χ2v) is 4.45. The van der Waals surface area contributed by atoms with E-state index in [1.54, 1.807) is 25.2 Å². The molecule has 20 heavy (non-hydrogen) atoms. The topological polar surface area (TPSA) is 97.1 Å². The number of amides is 1. The highest BCUT2D eigenvalue weighted by molar-refractivity contribution is 5.95. The lowest BCUT2D eigenvalue weighted by atomic mass is 10.1. The van der Waals surface area contributed by atoms with Crippen LogP contribution < -0.4 is 10.5 Å². The number of nitrogen functional groups attached to an aromatic ring is 1. The number of H-pyrrole nitrogens is 1. The second kappa shape index (κ2) is 5.60. The van der Waals surface area contributed by atoms with Gasteiger partial charge in [0.15, 0.2) is 5.82 Å². The first-order chi connectivity index (χ1) is 9.51. The third-order valence-electron chi connectivity index (χ3n) is 2.85. The molecule has 7 nitrogen and oxygen atoms in total. The first kappa shape index (κ1) is 13.9. The molecule has 0 radical (unpaired) electrons.